The summed E-state index contributed by atoms with van der Waals surface area (Å²) in [5.41, 5.74) is 2.02. The number of nitrogens with zero attached hydrogens (tertiary/aromatic N) is 2. The van der Waals surface area contributed by atoms with Crippen LogP contribution in [0.3, 0.4) is 0 Å². The van der Waals surface area contributed by atoms with Gasteiger partial charge in [0.05, 0.1) is 5.69 Å². The van der Waals surface area contributed by atoms with Crippen molar-refractivity contribution < 1.29 is 18.7 Å². The van der Waals surface area contributed by atoms with Crippen LogP contribution in [0.1, 0.15) is 26.8 Å². The van der Waals surface area contributed by atoms with E-state index >= 15 is 0 Å². The summed E-state index contributed by atoms with van der Waals surface area (Å²) in [6.07, 6.45) is 0. The van der Waals surface area contributed by atoms with Crippen LogP contribution < -0.4 is 10.1 Å². The lowest BCUT2D eigenvalue weighted by Gasteiger charge is -2.03. The maximum absolute atomic E-state index is 12.9. The number of hydrogen-bond donors (Lipinski definition) is 1. The Kier molecular flexibility index (Phi) is 6.85. The van der Waals surface area contributed by atoms with Crippen molar-refractivity contribution in [2.24, 2.45) is 0 Å². The van der Waals surface area contributed by atoms with Crippen LogP contribution in [0.5, 0.6) is 5.75 Å². The first-order valence-electron chi connectivity index (χ1n) is 9.38. The molecule has 0 aliphatic heterocycles. The maximum atomic E-state index is 12.9. The van der Waals surface area contributed by atoms with E-state index in [0.717, 1.165) is 10.6 Å². The van der Waals surface area contributed by atoms with Gasteiger partial charge in [-0.2, -0.15) is 0 Å². The molecule has 0 aliphatic rings. The predicted molar refractivity (Wildman–Crippen MR) is 118 cm³/mol. The van der Waals surface area contributed by atoms with E-state index in [1.807, 2.05) is 35.7 Å². The zero-order chi connectivity index (χ0) is 21.5. The Hall–Kier alpha value is -3.30. The first-order chi connectivity index (χ1) is 15.2. The topological polar surface area (TPSA) is 73.3 Å². The molecular weight excluding hydrogens is 437 g/mol. The summed E-state index contributed by atoms with van der Waals surface area (Å²) in [6.45, 7) is 0.938. The highest BCUT2D eigenvalue weighted by Crippen LogP contribution is 2.19. The van der Waals surface area contributed by atoms with Crippen LogP contribution in [0.4, 0.5) is 9.52 Å². The number of benzene rings is 2. The molecular formula is C22H18FN3O3S2. The number of rotatable bonds is 9. The van der Waals surface area contributed by atoms with Gasteiger partial charge in [-0.15, -0.1) is 22.7 Å². The van der Waals surface area contributed by atoms with Crippen molar-refractivity contribution in [3.05, 3.63) is 93.1 Å². The van der Waals surface area contributed by atoms with E-state index in [2.05, 4.69) is 15.3 Å². The zero-order valence-electron chi connectivity index (χ0n) is 16.3. The predicted octanol–water partition coefficient (Wildman–Crippen LogP) is 5.29. The molecule has 0 aliphatic carbocycles. The van der Waals surface area contributed by atoms with Crippen molar-refractivity contribution in [2.75, 3.05) is 5.32 Å². The van der Waals surface area contributed by atoms with Gasteiger partial charge in [0.25, 0.3) is 0 Å². The number of thiazole rings is 2. The molecule has 2 aromatic heterocycles. The van der Waals surface area contributed by atoms with Gasteiger partial charge >= 0.3 is 5.97 Å². The van der Waals surface area contributed by atoms with Crippen molar-refractivity contribution in [3.8, 4) is 5.75 Å². The highest BCUT2D eigenvalue weighted by Gasteiger charge is 2.13. The molecule has 2 aromatic carbocycles. The Morgan fingerprint density at radius 3 is 2.58 bits per heavy atom. The molecule has 4 aromatic rings. The Bertz CT molecular complexity index is 1130. The van der Waals surface area contributed by atoms with Gasteiger partial charge in [0.2, 0.25) is 0 Å². The summed E-state index contributed by atoms with van der Waals surface area (Å²) in [7, 11) is 0. The van der Waals surface area contributed by atoms with E-state index in [0.29, 0.717) is 23.1 Å². The Labute approximate surface area is 186 Å². The largest absolute Gasteiger partial charge is 0.486 e. The van der Waals surface area contributed by atoms with Gasteiger partial charge in [-0.05, 0) is 29.8 Å². The van der Waals surface area contributed by atoms with Gasteiger partial charge in [-0.3, -0.25) is 0 Å². The quantitative estimate of drug-likeness (QED) is 0.346. The average Bonchev–Trinajstić information content (AvgIpc) is 3.46. The second-order valence-electron chi connectivity index (χ2n) is 6.43. The van der Waals surface area contributed by atoms with Crippen LogP contribution >= 0.6 is 22.7 Å². The molecule has 0 amide bonds. The van der Waals surface area contributed by atoms with E-state index in [1.165, 1.54) is 34.8 Å². The van der Waals surface area contributed by atoms with E-state index in [-0.39, 0.29) is 24.7 Å². The van der Waals surface area contributed by atoms with Gasteiger partial charge in [0.15, 0.2) is 10.8 Å². The summed E-state index contributed by atoms with van der Waals surface area (Å²) in [6, 6.07) is 15.7. The molecule has 1 N–H and O–H groups in total. The van der Waals surface area contributed by atoms with E-state index in [4.69, 9.17) is 9.47 Å². The standard InChI is InChI=1S/C22H18FN3O3S2/c23-16-6-8-18(9-7-16)28-12-20-25-17(13-30-20)11-29-21(27)19-14-31-22(26-19)24-10-15-4-2-1-3-5-15/h1-9,13-14H,10-12H2,(H,24,26). The third kappa shape index (κ3) is 6.09. The number of anilines is 1. The molecule has 0 bridgehead atoms. The summed E-state index contributed by atoms with van der Waals surface area (Å²) < 4.78 is 23.8. The Morgan fingerprint density at radius 1 is 0.968 bits per heavy atom. The van der Waals surface area contributed by atoms with Gasteiger partial charge < -0.3 is 14.8 Å². The minimum absolute atomic E-state index is 0.0518. The summed E-state index contributed by atoms with van der Waals surface area (Å²) >= 11 is 2.75. The monoisotopic (exact) mass is 455 g/mol. The molecule has 158 valence electrons. The average molecular weight is 456 g/mol. The molecule has 4 rings (SSSR count). The van der Waals surface area contributed by atoms with E-state index in [1.54, 1.807) is 17.5 Å². The third-order valence-corrected chi connectivity index (χ3v) is 5.80. The smallest absolute Gasteiger partial charge is 0.358 e. The molecule has 0 radical (unpaired) electrons. The summed E-state index contributed by atoms with van der Waals surface area (Å²) in [4.78, 5) is 20.9. The van der Waals surface area contributed by atoms with Gasteiger partial charge in [-0.25, -0.2) is 19.2 Å². The second kappa shape index (κ2) is 10.1. The molecule has 0 saturated heterocycles. The molecule has 0 fully saturated rings. The molecule has 0 unspecified atom stereocenters. The Balaban J connectivity index is 1.23. The van der Waals surface area contributed by atoms with E-state index in [9.17, 15) is 9.18 Å². The number of halogens is 1. The number of esters is 1. The number of nitrogens with one attached hydrogen (secondary N) is 1. The van der Waals surface area contributed by atoms with E-state index < -0.39 is 5.97 Å². The van der Waals surface area contributed by atoms with Crippen molar-refractivity contribution in [1.82, 2.24) is 9.97 Å². The number of carbonyl (C=O) groups is 1. The zero-order valence-corrected chi connectivity index (χ0v) is 17.9. The number of carbonyl (C=O) groups excluding carboxylic acids is 1. The van der Waals surface area contributed by atoms with Crippen molar-refractivity contribution in [3.63, 3.8) is 0 Å². The lowest BCUT2D eigenvalue weighted by Crippen LogP contribution is -2.07. The van der Waals surface area contributed by atoms with Crippen LogP contribution in [0.15, 0.2) is 65.4 Å². The van der Waals surface area contributed by atoms with Crippen molar-refractivity contribution in [1.29, 1.82) is 0 Å². The number of hydrogen-bond acceptors (Lipinski definition) is 8. The molecule has 9 heteroatoms. The fourth-order valence-corrected chi connectivity index (χ4v) is 3.96. The first-order valence-corrected chi connectivity index (χ1v) is 11.1. The molecule has 6 nitrogen and oxygen atoms in total. The Morgan fingerprint density at radius 2 is 1.77 bits per heavy atom. The van der Waals surface area contributed by atoms with Crippen molar-refractivity contribution in [2.45, 2.75) is 19.8 Å². The number of aromatic nitrogens is 2. The second-order valence-corrected chi connectivity index (χ2v) is 8.23. The minimum atomic E-state index is -0.499. The molecule has 0 spiro atoms. The van der Waals surface area contributed by atoms with Gasteiger partial charge in [-0.1, -0.05) is 30.3 Å². The minimum Gasteiger partial charge on any atom is -0.486 e. The normalized spacial score (nSPS) is 10.6. The fourth-order valence-electron chi connectivity index (χ4n) is 2.59. The van der Waals surface area contributed by atoms with Gasteiger partial charge in [0, 0.05) is 17.3 Å². The maximum Gasteiger partial charge on any atom is 0.358 e. The van der Waals surface area contributed by atoms with Crippen molar-refractivity contribution >= 4 is 33.8 Å². The highest BCUT2D eigenvalue weighted by atomic mass is 32.1. The molecule has 31 heavy (non-hydrogen) atoms. The lowest BCUT2D eigenvalue weighted by atomic mass is 10.2. The molecule has 0 saturated carbocycles. The number of ether oxygens (including phenoxy) is 2. The third-order valence-electron chi connectivity index (χ3n) is 4.13. The van der Waals surface area contributed by atoms with Crippen LogP contribution in [0.2, 0.25) is 0 Å². The van der Waals surface area contributed by atoms with Crippen LogP contribution in [-0.2, 0) is 24.5 Å². The molecule has 0 atom stereocenters. The van der Waals surface area contributed by atoms with Crippen LogP contribution in [0, 0.1) is 5.82 Å². The summed E-state index contributed by atoms with van der Waals surface area (Å²) in [5.74, 6) is -0.254. The lowest BCUT2D eigenvalue weighted by molar-refractivity contribution is 0.0462. The highest BCUT2D eigenvalue weighted by molar-refractivity contribution is 7.13. The fraction of sp³-hybridized carbons (Fsp3) is 0.136. The first kappa shape index (κ1) is 21.0. The SMILES string of the molecule is O=C(OCc1csc(COc2ccc(F)cc2)n1)c1csc(NCc2ccccc2)n1. The van der Waals surface area contributed by atoms with Crippen LogP contribution in [-0.4, -0.2) is 15.9 Å². The molecule has 2 heterocycles. The van der Waals surface area contributed by atoms with Gasteiger partial charge in [0.1, 0.15) is 29.8 Å². The summed E-state index contributed by atoms with van der Waals surface area (Å²) in [5, 5.41) is 8.06. The van der Waals surface area contributed by atoms with Crippen LogP contribution in [0.25, 0.3) is 0 Å².